The van der Waals surface area contributed by atoms with Crippen LogP contribution in [0.15, 0.2) is 199 Å². The van der Waals surface area contributed by atoms with Crippen LogP contribution in [0, 0.1) is 0 Å². The first-order chi connectivity index (χ1) is 28.2. The van der Waals surface area contributed by atoms with Crippen LogP contribution in [-0.2, 0) is 0 Å². The number of para-hydroxylation sites is 2. The quantitative estimate of drug-likeness (QED) is 0.170. The van der Waals surface area contributed by atoms with Crippen molar-refractivity contribution in [2.45, 2.75) is 0 Å². The number of fused-ring (bicyclic) bond motifs is 7. The van der Waals surface area contributed by atoms with E-state index in [1.54, 1.807) is 0 Å². The van der Waals surface area contributed by atoms with Crippen molar-refractivity contribution in [1.82, 2.24) is 9.97 Å². The summed E-state index contributed by atoms with van der Waals surface area (Å²) in [5.41, 5.74) is 8.84. The monoisotopic (exact) mass is 724 g/mol. The van der Waals surface area contributed by atoms with E-state index in [9.17, 15) is 0 Å². The maximum absolute atomic E-state index is 6.49. The fourth-order valence-corrected chi connectivity index (χ4v) is 9.10. The van der Waals surface area contributed by atoms with Crippen LogP contribution in [0.5, 0.6) is 0 Å². The largest absolute Gasteiger partial charge is 0.435 e. The zero-order chi connectivity index (χ0) is 37.5. The van der Waals surface area contributed by atoms with Crippen LogP contribution in [-0.4, -0.2) is 9.97 Å². The predicted octanol–water partition coefficient (Wildman–Crippen LogP) is 14.8. The minimum atomic E-state index is 0.496. The number of benzene rings is 10. The van der Waals surface area contributed by atoms with Crippen molar-refractivity contribution < 1.29 is 4.42 Å². The molecule has 264 valence electrons. The van der Waals surface area contributed by atoms with E-state index in [1.807, 2.05) is 24.3 Å². The van der Waals surface area contributed by atoms with Gasteiger partial charge in [-0.1, -0.05) is 152 Å². The summed E-state index contributed by atoms with van der Waals surface area (Å²) < 4.78 is 6.49. The lowest BCUT2D eigenvalue weighted by Gasteiger charge is -2.19. The average Bonchev–Trinajstić information content (AvgIpc) is 3.71. The van der Waals surface area contributed by atoms with Crippen LogP contribution in [0.25, 0.3) is 121 Å². The molecule has 2 heterocycles. The highest BCUT2D eigenvalue weighted by Crippen LogP contribution is 2.47. The normalized spacial score (nSPS) is 11.9. The van der Waals surface area contributed by atoms with Crippen molar-refractivity contribution in [1.29, 1.82) is 0 Å². The van der Waals surface area contributed by atoms with Gasteiger partial charge in [-0.3, -0.25) is 0 Å². The lowest BCUT2D eigenvalue weighted by molar-refractivity contribution is 0.617. The molecule has 0 aliphatic heterocycles. The Morgan fingerprint density at radius 1 is 0.316 bits per heavy atom. The van der Waals surface area contributed by atoms with Gasteiger partial charge in [0.15, 0.2) is 5.58 Å². The van der Waals surface area contributed by atoms with Crippen molar-refractivity contribution in [2.24, 2.45) is 0 Å². The van der Waals surface area contributed by atoms with Crippen LogP contribution in [0.3, 0.4) is 0 Å². The highest BCUT2D eigenvalue weighted by Gasteiger charge is 2.22. The first-order valence-electron chi connectivity index (χ1n) is 19.4. The first kappa shape index (κ1) is 31.7. The van der Waals surface area contributed by atoms with Gasteiger partial charge in [0.05, 0.1) is 5.69 Å². The van der Waals surface area contributed by atoms with Gasteiger partial charge in [0, 0.05) is 5.56 Å². The molecule has 0 aliphatic carbocycles. The molecule has 0 bridgehead atoms. The Kier molecular flexibility index (Phi) is 6.93. The number of hydrogen-bond acceptors (Lipinski definition) is 3. The third-order valence-corrected chi connectivity index (χ3v) is 11.6. The molecule has 3 nitrogen and oxygen atoms in total. The SMILES string of the molecule is c1ccc2cc3c(-c4cc(-c5nc6ccccc6o5)nc(-c5c6ccccc6c(-c6cccc7ccccc67)c6ccccc56)c4)c4ccccc4cc3cc2c1. The summed E-state index contributed by atoms with van der Waals surface area (Å²) in [6.45, 7) is 0. The second-order valence-corrected chi connectivity index (χ2v) is 14.9. The second-order valence-electron chi connectivity index (χ2n) is 14.9. The van der Waals surface area contributed by atoms with E-state index in [4.69, 9.17) is 14.4 Å². The minimum absolute atomic E-state index is 0.496. The van der Waals surface area contributed by atoms with E-state index in [0.29, 0.717) is 11.6 Å². The summed E-state index contributed by atoms with van der Waals surface area (Å²) in [4.78, 5) is 10.5. The number of pyridine rings is 1. The molecule has 10 aromatic carbocycles. The molecule has 12 aromatic rings. The summed E-state index contributed by atoms with van der Waals surface area (Å²) in [6.07, 6.45) is 0. The Balaban J connectivity index is 1.22. The summed E-state index contributed by atoms with van der Waals surface area (Å²) in [7, 11) is 0. The Hall–Kier alpha value is -7.62. The molecule has 0 amide bonds. The van der Waals surface area contributed by atoms with Gasteiger partial charge in [-0.05, 0) is 129 Å². The Morgan fingerprint density at radius 3 is 1.60 bits per heavy atom. The lowest BCUT2D eigenvalue weighted by atomic mass is 9.85. The van der Waals surface area contributed by atoms with E-state index >= 15 is 0 Å². The Labute approximate surface area is 328 Å². The van der Waals surface area contributed by atoms with Crippen molar-refractivity contribution in [3.63, 3.8) is 0 Å². The molecule has 0 N–H and O–H groups in total. The third kappa shape index (κ3) is 4.99. The van der Waals surface area contributed by atoms with Gasteiger partial charge >= 0.3 is 0 Å². The summed E-state index contributed by atoms with van der Waals surface area (Å²) in [5, 5.41) is 14.3. The zero-order valence-corrected chi connectivity index (χ0v) is 30.8. The summed E-state index contributed by atoms with van der Waals surface area (Å²) >= 11 is 0. The fraction of sp³-hybridized carbons (Fsp3) is 0. The maximum atomic E-state index is 6.49. The van der Waals surface area contributed by atoms with E-state index in [-0.39, 0.29) is 0 Å². The molecule has 0 saturated heterocycles. The molecular weight excluding hydrogens is 693 g/mol. The zero-order valence-electron chi connectivity index (χ0n) is 30.8. The van der Waals surface area contributed by atoms with Gasteiger partial charge in [0.1, 0.15) is 11.2 Å². The lowest BCUT2D eigenvalue weighted by Crippen LogP contribution is -1.96. The van der Waals surface area contributed by atoms with Crippen molar-refractivity contribution in [2.75, 3.05) is 0 Å². The van der Waals surface area contributed by atoms with Crippen molar-refractivity contribution >= 4 is 75.7 Å². The molecule has 57 heavy (non-hydrogen) atoms. The van der Waals surface area contributed by atoms with Crippen molar-refractivity contribution in [3.8, 4) is 45.1 Å². The number of oxazole rings is 1. The van der Waals surface area contributed by atoms with Crippen LogP contribution in [0.4, 0.5) is 0 Å². The second kappa shape index (κ2) is 12.5. The van der Waals surface area contributed by atoms with Gasteiger partial charge in [0.25, 0.3) is 0 Å². The molecule has 3 heteroatoms. The van der Waals surface area contributed by atoms with Gasteiger partial charge in [-0.15, -0.1) is 0 Å². The molecule has 0 saturated carbocycles. The highest BCUT2D eigenvalue weighted by molar-refractivity contribution is 6.24. The van der Waals surface area contributed by atoms with Gasteiger partial charge < -0.3 is 4.42 Å². The van der Waals surface area contributed by atoms with E-state index in [1.165, 1.54) is 65.0 Å². The Morgan fingerprint density at radius 2 is 0.860 bits per heavy atom. The number of aromatic nitrogens is 2. The van der Waals surface area contributed by atoms with E-state index < -0.39 is 0 Å². The molecule has 0 radical (unpaired) electrons. The van der Waals surface area contributed by atoms with Gasteiger partial charge in [-0.2, -0.15) is 0 Å². The van der Waals surface area contributed by atoms with Crippen LogP contribution in [0.1, 0.15) is 0 Å². The number of nitrogens with zero attached hydrogens (tertiary/aromatic N) is 2. The molecule has 0 unspecified atom stereocenters. The average molecular weight is 725 g/mol. The smallest absolute Gasteiger partial charge is 0.246 e. The molecule has 12 rings (SSSR count). The first-order valence-corrected chi connectivity index (χ1v) is 19.4. The molecule has 0 atom stereocenters. The summed E-state index contributed by atoms with van der Waals surface area (Å²) in [6, 6.07) is 69.6. The molecule has 0 fully saturated rings. The van der Waals surface area contributed by atoms with Gasteiger partial charge in [0.2, 0.25) is 5.89 Å². The van der Waals surface area contributed by atoms with Crippen molar-refractivity contribution in [3.05, 3.63) is 194 Å². The van der Waals surface area contributed by atoms with E-state index in [0.717, 1.165) is 44.3 Å². The standard InChI is InChI=1S/C54H32N2O/c1-2-16-35-30-46-37(28-34(35)15-1)29-36-17-4-6-20-40(36)51(46)38-31-48(55-49(32-38)54-56-47-26-11-12-27-50(47)57-54)53-44-23-9-7-21-42(44)52(43-22-8-10-24-45(43)53)41-25-13-18-33-14-3-5-19-39(33)41/h1-32H. The highest BCUT2D eigenvalue weighted by atomic mass is 16.3. The van der Waals surface area contributed by atoms with Crippen LogP contribution < -0.4 is 0 Å². The molecule has 0 spiro atoms. The predicted molar refractivity (Wildman–Crippen MR) is 239 cm³/mol. The van der Waals surface area contributed by atoms with Crippen LogP contribution >= 0.6 is 0 Å². The topological polar surface area (TPSA) is 38.9 Å². The number of hydrogen-bond donors (Lipinski definition) is 0. The maximum Gasteiger partial charge on any atom is 0.246 e. The van der Waals surface area contributed by atoms with Crippen LogP contribution in [0.2, 0.25) is 0 Å². The number of rotatable bonds is 4. The molecule has 2 aromatic heterocycles. The Bertz CT molecular complexity index is 3500. The summed E-state index contributed by atoms with van der Waals surface area (Å²) in [5.74, 6) is 0.496. The molecular formula is C54H32N2O. The van der Waals surface area contributed by atoms with Gasteiger partial charge in [-0.25, -0.2) is 9.97 Å². The van der Waals surface area contributed by atoms with E-state index in [2.05, 4.69) is 170 Å². The third-order valence-electron chi connectivity index (χ3n) is 11.6. The minimum Gasteiger partial charge on any atom is -0.435 e. The molecule has 0 aliphatic rings. The fourth-order valence-electron chi connectivity index (χ4n) is 9.10.